The summed E-state index contributed by atoms with van der Waals surface area (Å²) in [5.74, 6) is -0.960. The Morgan fingerprint density at radius 2 is 1.91 bits per heavy atom. The molecular weight excluding hydrogens is 478 g/mol. The van der Waals surface area contributed by atoms with E-state index in [9.17, 15) is 19.5 Å². The fraction of sp³-hybridized carbons (Fsp3) is 0.333. The second kappa shape index (κ2) is 10.4. The van der Waals surface area contributed by atoms with Crippen LogP contribution in [0.15, 0.2) is 45.6 Å². The lowest BCUT2D eigenvalue weighted by atomic mass is 9.84. The Kier molecular flexibility index (Phi) is 7.78. The summed E-state index contributed by atoms with van der Waals surface area (Å²) in [6.45, 7) is 7.00. The fourth-order valence-corrected chi connectivity index (χ4v) is 4.13. The molecule has 0 saturated heterocycles. The van der Waals surface area contributed by atoms with Gasteiger partial charge in [-0.25, -0.2) is 0 Å². The van der Waals surface area contributed by atoms with Crippen LogP contribution in [0.4, 0.5) is 0 Å². The number of carbonyl (C=O) groups is 3. The van der Waals surface area contributed by atoms with E-state index in [1.165, 1.54) is 29.5 Å². The Bertz CT molecular complexity index is 1180. The smallest absolute Gasteiger partial charge is 0.274 e. The summed E-state index contributed by atoms with van der Waals surface area (Å²) in [5, 5.41) is 22.6. The van der Waals surface area contributed by atoms with Crippen molar-refractivity contribution in [3.8, 4) is 5.75 Å². The molecule has 0 radical (unpaired) electrons. The number of amides is 2. The molecular formula is C24H26ClN3O5S. The molecule has 0 fully saturated rings. The number of phenolic OH excluding ortho intramolecular Hbond substituents is 1. The molecule has 2 aromatic heterocycles. The van der Waals surface area contributed by atoms with Crippen molar-refractivity contribution >= 4 is 40.5 Å². The first kappa shape index (κ1) is 25.5. The van der Waals surface area contributed by atoms with E-state index >= 15 is 0 Å². The first-order valence-corrected chi connectivity index (χ1v) is 11.9. The third kappa shape index (κ3) is 6.24. The lowest BCUT2D eigenvalue weighted by Gasteiger charge is -2.27. The lowest BCUT2D eigenvalue weighted by molar-refractivity contribution is -0.133. The van der Waals surface area contributed by atoms with Gasteiger partial charge >= 0.3 is 0 Å². The van der Waals surface area contributed by atoms with Crippen LogP contribution in [0.3, 0.4) is 0 Å². The van der Waals surface area contributed by atoms with Gasteiger partial charge in [0, 0.05) is 17.9 Å². The molecule has 2 atom stereocenters. The lowest BCUT2D eigenvalue weighted by Crippen LogP contribution is -2.51. The maximum atomic E-state index is 13.4. The highest BCUT2D eigenvalue weighted by Crippen LogP contribution is 2.28. The largest absolute Gasteiger partial charge is 0.506 e. The quantitative estimate of drug-likeness (QED) is 0.423. The molecule has 0 unspecified atom stereocenters. The Morgan fingerprint density at radius 3 is 2.47 bits per heavy atom. The number of nitrogens with one attached hydrogen (secondary N) is 2. The summed E-state index contributed by atoms with van der Waals surface area (Å²) in [4.78, 5) is 39.3. The van der Waals surface area contributed by atoms with Crippen molar-refractivity contribution in [3.63, 3.8) is 0 Å². The summed E-state index contributed by atoms with van der Waals surface area (Å²) in [6.07, 6.45) is 0.0640. The van der Waals surface area contributed by atoms with Gasteiger partial charge in [0.05, 0.1) is 5.02 Å². The molecule has 3 rings (SSSR count). The van der Waals surface area contributed by atoms with Gasteiger partial charge in [-0.2, -0.15) is 11.3 Å². The number of rotatable bonds is 8. The van der Waals surface area contributed by atoms with Crippen molar-refractivity contribution in [2.45, 2.75) is 46.2 Å². The average molecular weight is 504 g/mol. The highest BCUT2D eigenvalue weighted by molar-refractivity contribution is 7.08. The molecule has 0 aliphatic carbocycles. The predicted molar refractivity (Wildman–Crippen MR) is 129 cm³/mol. The predicted octanol–water partition coefficient (Wildman–Crippen LogP) is 4.22. The number of Topliss-reactive ketones (excluding diaryl/α,β-unsaturated/α-hetero) is 1. The van der Waals surface area contributed by atoms with Gasteiger partial charge in [-0.05, 0) is 47.0 Å². The molecule has 8 nitrogen and oxygen atoms in total. The van der Waals surface area contributed by atoms with Gasteiger partial charge in [0.15, 0.2) is 11.5 Å². The van der Waals surface area contributed by atoms with Gasteiger partial charge in [-0.15, -0.1) is 0 Å². The van der Waals surface area contributed by atoms with Crippen molar-refractivity contribution in [1.29, 1.82) is 0 Å². The van der Waals surface area contributed by atoms with Gasteiger partial charge < -0.3 is 20.3 Å². The van der Waals surface area contributed by atoms with Gasteiger partial charge in [-0.1, -0.05) is 43.6 Å². The standard InChI is InChI=1S/C24H26ClN3O5S/c1-13-9-18(28-33-13)23(32)26-17(11-14-5-6-19(29)16(25)10-14)22(31)27-20(15-7-8-34-12-15)21(30)24(2,3)4/h5-10,12,17,20,29H,11H2,1-4H3,(H,26,32)(H,27,31)/t17-,20-/m0/s1. The Hall–Kier alpha value is -3.17. The molecule has 3 N–H and O–H groups in total. The van der Waals surface area contributed by atoms with Crippen LogP contribution in [-0.4, -0.2) is 33.9 Å². The Morgan fingerprint density at radius 1 is 1.18 bits per heavy atom. The summed E-state index contributed by atoms with van der Waals surface area (Å²) in [7, 11) is 0. The molecule has 180 valence electrons. The van der Waals surface area contributed by atoms with Crippen LogP contribution >= 0.6 is 22.9 Å². The van der Waals surface area contributed by atoms with E-state index in [1.54, 1.807) is 45.2 Å². The van der Waals surface area contributed by atoms with Crippen LogP contribution < -0.4 is 10.6 Å². The third-order valence-corrected chi connectivity index (χ3v) is 6.10. The van der Waals surface area contributed by atoms with Crippen LogP contribution in [-0.2, 0) is 16.0 Å². The van der Waals surface area contributed by atoms with Crippen LogP contribution in [0.25, 0.3) is 0 Å². The Balaban J connectivity index is 1.89. The van der Waals surface area contributed by atoms with E-state index in [1.807, 2.05) is 5.38 Å². The Labute approximate surface area is 206 Å². The summed E-state index contributed by atoms with van der Waals surface area (Å²) in [6, 6.07) is 5.83. The zero-order valence-electron chi connectivity index (χ0n) is 19.2. The number of aromatic hydroxyl groups is 1. The molecule has 0 spiro atoms. The van der Waals surface area contributed by atoms with E-state index in [2.05, 4.69) is 15.8 Å². The minimum atomic E-state index is -1.06. The highest BCUT2D eigenvalue weighted by Gasteiger charge is 2.34. The maximum absolute atomic E-state index is 13.4. The van der Waals surface area contributed by atoms with Crippen molar-refractivity contribution in [2.75, 3.05) is 0 Å². The second-order valence-electron chi connectivity index (χ2n) is 8.95. The van der Waals surface area contributed by atoms with E-state index in [0.717, 1.165) is 0 Å². The SMILES string of the molecule is Cc1cc(C(=O)N[C@@H](Cc2ccc(O)c(Cl)c2)C(=O)N[C@H](C(=O)C(C)(C)C)c2ccsc2)no1. The molecule has 2 amide bonds. The first-order valence-electron chi connectivity index (χ1n) is 10.5. The average Bonchev–Trinajstić information content (AvgIpc) is 3.45. The number of carbonyl (C=O) groups excluding carboxylic acids is 3. The number of thiophene rings is 1. The van der Waals surface area contributed by atoms with Gasteiger partial charge in [-0.3, -0.25) is 14.4 Å². The third-order valence-electron chi connectivity index (χ3n) is 5.10. The van der Waals surface area contributed by atoms with E-state index in [4.69, 9.17) is 16.1 Å². The zero-order chi connectivity index (χ0) is 25.0. The van der Waals surface area contributed by atoms with Crippen molar-refractivity contribution in [1.82, 2.24) is 15.8 Å². The van der Waals surface area contributed by atoms with Gasteiger partial charge in [0.25, 0.3) is 5.91 Å². The topological polar surface area (TPSA) is 122 Å². The molecule has 0 saturated carbocycles. The number of hydrogen-bond acceptors (Lipinski definition) is 7. The number of aryl methyl sites for hydroxylation is 1. The van der Waals surface area contributed by atoms with Crippen LogP contribution in [0.2, 0.25) is 5.02 Å². The van der Waals surface area contributed by atoms with E-state index in [0.29, 0.717) is 16.9 Å². The van der Waals surface area contributed by atoms with Crippen LogP contribution in [0.5, 0.6) is 5.75 Å². The minimum Gasteiger partial charge on any atom is -0.506 e. The van der Waals surface area contributed by atoms with Crippen molar-refractivity contribution in [2.24, 2.45) is 5.41 Å². The van der Waals surface area contributed by atoms with Gasteiger partial charge in [0.1, 0.15) is 23.6 Å². The molecule has 0 aliphatic rings. The fourth-order valence-electron chi connectivity index (χ4n) is 3.24. The first-order chi connectivity index (χ1) is 16.0. The van der Waals surface area contributed by atoms with Crippen molar-refractivity contribution in [3.05, 3.63) is 68.7 Å². The number of nitrogens with zero attached hydrogens (tertiary/aromatic N) is 1. The van der Waals surface area contributed by atoms with Crippen molar-refractivity contribution < 1.29 is 24.0 Å². The summed E-state index contributed by atoms with van der Waals surface area (Å²) < 4.78 is 4.96. The van der Waals surface area contributed by atoms with Crippen LogP contribution in [0, 0.1) is 12.3 Å². The monoisotopic (exact) mass is 503 g/mol. The summed E-state index contributed by atoms with van der Waals surface area (Å²) in [5.41, 5.74) is 0.595. The number of benzene rings is 1. The molecule has 2 heterocycles. The molecule has 10 heteroatoms. The van der Waals surface area contributed by atoms with E-state index < -0.39 is 29.3 Å². The normalized spacial score (nSPS) is 13.2. The molecule has 0 aliphatic heterocycles. The molecule has 1 aromatic carbocycles. The van der Waals surface area contributed by atoms with Gasteiger partial charge in [0.2, 0.25) is 5.91 Å². The van der Waals surface area contributed by atoms with E-state index in [-0.39, 0.29) is 28.7 Å². The molecule has 3 aromatic rings. The number of hydrogen-bond donors (Lipinski definition) is 3. The molecule has 34 heavy (non-hydrogen) atoms. The summed E-state index contributed by atoms with van der Waals surface area (Å²) >= 11 is 7.44. The number of aromatic nitrogens is 1. The number of phenols is 1. The molecule has 0 bridgehead atoms. The number of halogens is 1. The number of ketones is 1. The highest BCUT2D eigenvalue weighted by atomic mass is 35.5. The zero-order valence-corrected chi connectivity index (χ0v) is 20.8. The van der Waals surface area contributed by atoms with Crippen LogP contribution in [0.1, 0.15) is 54.2 Å². The minimum absolute atomic E-state index is 0.0270. The maximum Gasteiger partial charge on any atom is 0.274 e. The second-order valence-corrected chi connectivity index (χ2v) is 10.1.